The van der Waals surface area contributed by atoms with Crippen molar-refractivity contribution in [3.63, 3.8) is 0 Å². The highest BCUT2D eigenvalue weighted by Gasteiger charge is 2.30. The molecular formula is C17H14F3NO4. The van der Waals surface area contributed by atoms with E-state index in [9.17, 15) is 22.8 Å². The van der Waals surface area contributed by atoms with Crippen molar-refractivity contribution >= 4 is 17.6 Å². The molecule has 5 nitrogen and oxygen atoms in total. The molecule has 0 heterocycles. The molecule has 0 fully saturated rings. The monoisotopic (exact) mass is 353 g/mol. The number of carboxylic acids is 1. The second-order valence-electron chi connectivity index (χ2n) is 5.17. The Morgan fingerprint density at radius 2 is 1.84 bits per heavy atom. The fraction of sp³-hybridized carbons (Fsp3) is 0.176. The van der Waals surface area contributed by atoms with Crippen molar-refractivity contribution in [3.05, 3.63) is 59.2 Å². The van der Waals surface area contributed by atoms with Crippen molar-refractivity contribution in [2.75, 3.05) is 11.9 Å². The second-order valence-corrected chi connectivity index (χ2v) is 5.17. The van der Waals surface area contributed by atoms with Crippen molar-refractivity contribution < 1.29 is 32.6 Å². The first kappa shape index (κ1) is 18.3. The standard InChI is InChI=1S/C17H14F3NO4/c1-10-4-2-7-13(16(23)24)15(10)25-9-14(22)21-12-6-3-5-11(8-12)17(18,19)20/h2-8H,9H2,1H3,(H,21,22)(H,23,24). The zero-order valence-corrected chi connectivity index (χ0v) is 13.1. The number of alkyl halides is 3. The van der Waals surface area contributed by atoms with Crippen LogP contribution in [-0.4, -0.2) is 23.6 Å². The van der Waals surface area contributed by atoms with E-state index in [1.54, 1.807) is 13.0 Å². The highest BCUT2D eigenvalue weighted by atomic mass is 19.4. The number of amides is 1. The van der Waals surface area contributed by atoms with Crippen LogP contribution in [0.4, 0.5) is 18.9 Å². The Morgan fingerprint density at radius 3 is 2.48 bits per heavy atom. The molecule has 25 heavy (non-hydrogen) atoms. The van der Waals surface area contributed by atoms with Crippen molar-refractivity contribution in [1.82, 2.24) is 0 Å². The van der Waals surface area contributed by atoms with Crippen molar-refractivity contribution in [2.45, 2.75) is 13.1 Å². The van der Waals surface area contributed by atoms with Gasteiger partial charge in [0.2, 0.25) is 0 Å². The van der Waals surface area contributed by atoms with Gasteiger partial charge in [0.15, 0.2) is 6.61 Å². The van der Waals surface area contributed by atoms with Gasteiger partial charge in [-0.2, -0.15) is 13.2 Å². The number of halogens is 3. The van der Waals surface area contributed by atoms with Crippen LogP contribution in [0.3, 0.4) is 0 Å². The minimum absolute atomic E-state index is 0.0355. The van der Waals surface area contributed by atoms with Gasteiger partial charge in [0.25, 0.3) is 5.91 Å². The number of ether oxygens (including phenoxy) is 1. The summed E-state index contributed by atoms with van der Waals surface area (Å²) in [5, 5.41) is 11.4. The third-order valence-corrected chi connectivity index (χ3v) is 3.26. The minimum atomic E-state index is -4.52. The Hall–Kier alpha value is -3.03. The summed E-state index contributed by atoms with van der Waals surface area (Å²) in [5.41, 5.74) is -0.511. The topological polar surface area (TPSA) is 75.6 Å². The fourth-order valence-corrected chi connectivity index (χ4v) is 2.12. The number of rotatable bonds is 5. The fourth-order valence-electron chi connectivity index (χ4n) is 2.12. The molecule has 0 aliphatic carbocycles. The molecule has 1 amide bonds. The summed E-state index contributed by atoms with van der Waals surface area (Å²) in [7, 11) is 0. The van der Waals surface area contributed by atoms with Crippen LogP contribution in [-0.2, 0) is 11.0 Å². The molecule has 0 aromatic heterocycles. The molecule has 0 aliphatic heterocycles. The lowest BCUT2D eigenvalue weighted by Crippen LogP contribution is -2.21. The quantitative estimate of drug-likeness (QED) is 0.859. The second kappa shape index (κ2) is 7.25. The normalized spacial score (nSPS) is 11.0. The predicted molar refractivity (Wildman–Crippen MR) is 83.7 cm³/mol. The third-order valence-electron chi connectivity index (χ3n) is 3.26. The first-order valence-electron chi connectivity index (χ1n) is 7.11. The third kappa shape index (κ3) is 4.72. The molecule has 0 aliphatic rings. The van der Waals surface area contributed by atoms with E-state index < -0.39 is 30.2 Å². The molecule has 8 heteroatoms. The number of carbonyl (C=O) groups is 2. The van der Waals surface area contributed by atoms with E-state index in [1.165, 1.54) is 24.3 Å². The van der Waals surface area contributed by atoms with Gasteiger partial charge >= 0.3 is 12.1 Å². The number of nitrogens with one attached hydrogen (secondary N) is 1. The highest BCUT2D eigenvalue weighted by molar-refractivity contribution is 5.93. The van der Waals surface area contributed by atoms with E-state index >= 15 is 0 Å². The van der Waals surface area contributed by atoms with Crippen LogP contribution in [0, 0.1) is 6.92 Å². The van der Waals surface area contributed by atoms with E-state index in [0.717, 1.165) is 12.1 Å². The number of hydrogen-bond donors (Lipinski definition) is 2. The molecule has 0 unspecified atom stereocenters. The van der Waals surface area contributed by atoms with Gasteiger partial charge in [0.05, 0.1) is 5.56 Å². The largest absolute Gasteiger partial charge is 0.483 e. The van der Waals surface area contributed by atoms with Crippen LogP contribution >= 0.6 is 0 Å². The maximum atomic E-state index is 12.6. The molecule has 2 N–H and O–H groups in total. The lowest BCUT2D eigenvalue weighted by Gasteiger charge is -2.13. The number of aromatic carboxylic acids is 1. The van der Waals surface area contributed by atoms with Crippen molar-refractivity contribution in [2.24, 2.45) is 0 Å². The van der Waals surface area contributed by atoms with Gasteiger partial charge in [-0.3, -0.25) is 4.79 Å². The smallest absolute Gasteiger partial charge is 0.416 e. The molecular weight excluding hydrogens is 339 g/mol. The van der Waals surface area contributed by atoms with Gasteiger partial charge in [0.1, 0.15) is 11.3 Å². The van der Waals surface area contributed by atoms with Gasteiger partial charge < -0.3 is 15.2 Å². The van der Waals surface area contributed by atoms with Crippen LogP contribution in [0.1, 0.15) is 21.5 Å². The first-order valence-corrected chi connectivity index (χ1v) is 7.11. The molecule has 0 radical (unpaired) electrons. The summed E-state index contributed by atoms with van der Waals surface area (Å²) >= 11 is 0. The molecule has 2 aromatic rings. The SMILES string of the molecule is Cc1cccc(C(=O)O)c1OCC(=O)Nc1cccc(C(F)(F)F)c1. The van der Waals surface area contributed by atoms with E-state index in [4.69, 9.17) is 9.84 Å². The summed E-state index contributed by atoms with van der Waals surface area (Å²) in [4.78, 5) is 23.0. The Morgan fingerprint density at radius 1 is 1.16 bits per heavy atom. The number of carboxylic acid groups (broad SMARTS) is 1. The number of aryl methyl sites for hydroxylation is 1. The molecule has 0 atom stereocenters. The summed E-state index contributed by atoms with van der Waals surface area (Å²) in [5.74, 6) is -1.88. The average Bonchev–Trinajstić information content (AvgIpc) is 2.52. The predicted octanol–water partition coefficient (Wildman–Crippen LogP) is 3.73. The number of carbonyl (C=O) groups excluding carboxylic acids is 1. The molecule has 2 aromatic carbocycles. The molecule has 0 bridgehead atoms. The van der Waals surface area contributed by atoms with Gasteiger partial charge in [-0.05, 0) is 36.8 Å². The summed E-state index contributed by atoms with van der Waals surface area (Å²) in [6.07, 6.45) is -4.52. The van der Waals surface area contributed by atoms with Crippen LogP contribution in [0.25, 0.3) is 0 Å². The van der Waals surface area contributed by atoms with Gasteiger partial charge in [-0.1, -0.05) is 18.2 Å². The number of anilines is 1. The zero-order chi connectivity index (χ0) is 18.6. The minimum Gasteiger partial charge on any atom is -0.483 e. The van der Waals surface area contributed by atoms with E-state index in [2.05, 4.69) is 5.32 Å². The summed E-state index contributed by atoms with van der Waals surface area (Å²) in [6, 6.07) is 8.65. The summed E-state index contributed by atoms with van der Waals surface area (Å²) < 4.78 is 43.2. The number of benzene rings is 2. The Balaban J connectivity index is 2.06. The molecule has 2 rings (SSSR count). The Bertz CT molecular complexity index is 803. The maximum Gasteiger partial charge on any atom is 0.416 e. The molecule has 0 saturated carbocycles. The van der Waals surface area contributed by atoms with Crippen molar-refractivity contribution in [3.8, 4) is 5.75 Å². The van der Waals surface area contributed by atoms with Crippen LogP contribution < -0.4 is 10.1 Å². The Labute approximate surface area is 141 Å². The van der Waals surface area contributed by atoms with Gasteiger partial charge in [-0.15, -0.1) is 0 Å². The van der Waals surface area contributed by atoms with Gasteiger partial charge in [-0.25, -0.2) is 4.79 Å². The average molecular weight is 353 g/mol. The van der Waals surface area contributed by atoms with Crippen molar-refractivity contribution in [1.29, 1.82) is 0 Å². The lowest BCUT2D eigenvalue weighted by atomic mass is 10.1. The van der Waals surface area contributed by atoms with E-state index in [-0.39, 0.29) is 17.0 Å². The lowest BCUT2D eigenvalue weighted by molar-refractivity contribution is -0.137. The van der Waals surface area contributed by atoms with E-state index in [1.807, 2.05) is 0 Å². The van der Waals surface area contributed by atoms with Gasteiger partial charge in [0, 0.05) is 5.69 Å². The first-order chi connectivity index (χ1) is 11.7. The maximum absolute atomic E-state index is 12.6. The van der Waals surface area contributed by atoms with E-state index in [0.29, 0.717) is 5.56 Å². The zero-order valence-electron chi connectivity index (χ0n) is 13.1. The van der Waals surface area contributed by atoms with Crippen LogP contribution in [0.15, 0.2) is 42.5 Å². The highest BCUT2D eigenvalue weighted by Crippen LogP contribution is 2.30. The van der Waals surface area contributed by atoms with Crippen LogP contribution in [0.5, 0.6) is 5.75 Å². The molecule has 0 saturated heterocycles. The van der Waals surface area contributed by atoms with Crippen LogP contribution in [0.2, 0.25) is 0 Å². The molecule has 0 spiro atoms. The number of hydrogen-bond acceptors (Lipinski definition) is 3. The summed E-state index contributed by atoms with van der Waals surface area (Å²) in [6.45, 7) is 1.08. The number of para-hydroxylation sites is 1. The molecule has 132 valence electrons. The Kier molecular flexibility index (Phi) is 5.31.